The molecule has 23 heavy (non-hydrogen) atoms. The van der Waals surface area contributed by atoms with Gasteiger partial charge in [-0.05, 0) is 73.4 Å². The number of carbonyl (C=O) groups is 2. The molecule has 2 amide bonds. The zero-order chi connectivity index (χ0) is 17.3. The average molecular weight is 333 g/mol. The number of hydrogen-bond donors (Lipinski definition) is 0. The summed E-state index contributed by atoms with van der Waals surface area (Å²) in [5.74, 6) is 0.949. The summed E-state index contributed by atoms with van der Waals surface area (Å²) in [5, 5.41) is -0.202. The summed E-state index contributed by atoms with van der Waals surface area (Å²) in [6.07, 6.45) is 1.81. The number of amides is 2. The van der Waals surface area contributed by atoms with Crippen LogP contribution in [-0.2, 0) is 4.79 Å². The average Bonchev–Trinajstić information content (AvgIpc) is 2.74. The van der Waals surface area contributed by atoms with Gasteiger partial charge in [-0.2, -0.15) is 0 Å². The summed E-state index contributed by atoms with van der Waals surface area (Å²) >= 11 is 1.01. The molecule has 1 heterocycles. The molecule has 1 aliphatic heterocycles. The number of nitrogens with zero attached hydrogens (tertiary/aromatic N) is 1. The summed E-state index contributed by atoms with van der Waals surface area (Å²) in [7, 11) is 1.66. The number of hydrogen-bond acceptors (Lipinski definition) is 4. The van der Waals surface area contributed by atoms with Gasteiger partial charge in [0.25, 0.3) is 11.1 Å². The number of carbonyl (C=O) groups excluding carboxylic acids is 2. The molecule has 4 nitrogen and oxygen atoms in total. The lowest BCUT2D eigenvalue weighted by Gasteiger charge is -2.16. The number of methoxy groups -OCH3 is 1. The molecule has 0 radical (unpaired) electrons. The van der Waals surface area contributed by atoms with Crippen molar-refractivity contribution in [3.05, 3.63) is 33.7 Å². The van der Waals surface area contributed by atoms with E-state index >= 15 is 0 Å². The molecule has 1 fully saturated rings. The highest BCUT2D eigenvalue weighted by molar-refractivity contribution is 8.18. The normalized spacial score (nSPS) is 17.0. The highest BCUT2D eigenvalue weighted by Gasteiger charge is 2.36. The Kier molecular flexibility index (Phi) is 5.19. The maximum absolute atomic E-state index is 12.4. The summed E-state index contributed by atoms with van der Waals surface area (Å²) in [6.45, 7) is 9.86. The first kappa shape index (κ1) is 17.6. The minimum absolute atomic E-state index is 0.128. The van der Waals surface area contributed by atoms with Crippen molar-refractivity contribution in [1.29, 1.82) is 0 Å². The van der Waals surface area contributed by atoms with E-state index in [1.54, 1.807) is 7.11 Å². The molecule has 0 unspecified atom stereocenters. The largest absolute Gasteiger partial charge is 0.496 e. The number of ether oxygens (including phenoxy) is 1. The van der Waals surface area contributed by atoms with Crippen molar-refractivity contribution in [3.63, 3.8) is 0 Å². The summed E-state index contributed by atoms with van der Waals surface area (Å²) in [4.78, 5) is 26.2. The van der Waals surface area contributed by atoms with E-state index < -0.39 is 0 Å². The molecule has 2 rings (SSSR count). The van der Waals surface area contributed by atoms with Crippen LogP contribution in [0.25, 0.3) is 6.08 Å². The topological polar surface area (TPSA) is 46.6 Å². The van der Waals surface area contributed by atoms with Crippen molar-refractivity contribution in [2.24, 2.45) is 0 Å². The van der Waals surface area contributed by atoms with Gasteiger partial charge in [0.15, 0.2) is 0 Å². The zero-order valence-electron chi connectivity index (χ0n) is 14.5. The monoisotopic (exact) mass is 333 g/mol. The van der Waals surface area contributed by atoms with Gasteiger partial charge >= 0.3 is 0 Å². The van der Waals surface area contributed by atoms with E-state index in [1.165, 1.54) is 4.90 Å². The van der Waals surface area contributed by atoms with Gasteiger partial charge in [-0.1, -0.05) is 13.8 Å². The molecular weight excluding hydrogens is 310 g/mol. The number of imide groups is 1. The molecule has 1 aromatic rings. The summed E-state index contributed by atoms with van der Waals surface area (Å²) in [6, 6.07) is 3.90. The van der Waals surface area contributed by atoms with E-state index in [0.717, 1.165) is 34.2 Å². The fourth-order valence-corrected chi connectivity index (χ4v) is 3.52. The lowest BCUT2D eigenvalue weighted by atomic mass is 9.96. The lowest BCUT2D eigenvalue weighted by Crippen LogP contribution is -2.34. The Hall–Kier alpha value is -1.75. The third-order valence-electron chi connectivity index (χ3n) is 3.87. The van der Waals surface area contributed by atoms with Gasteiger partial charge in [0.1, 0.15) is 5.75 Å². The van der Waals surface area contributed by atoms with E-state index in [0.29, 0.717) is 10.8 Å². The number of benzene rings is 1. The van der Waals surface area contributed by atoms with Crippen LogP contribution in [-0.4, -0.2) is 29.2 Å². The first-order chi connectivity index (χ1) is 10.8. The lowest BCUT2D eigenvalue weighted by molar-refractivity contribution is -0.123. The minimum atomic E-state index is -0.212. The molecule has 0 saturated carbocycles. The quantitative estimate of drug-likeness (QED) is 0.757. The van der Waals surface area contributed by atoms with Crippen molar-refractivity contribution in [2.45, 2.75) is 46.6 Å². The number of thioether (sulfide) groups is 1. The summed E-state index contributed by atoms with van der Waals surface area (Å²) < 4.78 is 5.44. The van der Waals surface area contributed by atoms with Crippen LogP contribution in [0.1, 0.15) is 50.3 Å². The Morgan fingerprint density at radius 3 is 2.30 bits per heavy atom. The van der Waals surface area contributed by atoms with E-state index in [9.17, 15) is 9.59 Å². The third kappa shape index (κ3) is 3.44. The van der Waals surface area contributed by atoms with E-state index in [2.05, 4.69) is 13.8 Å². The molecule has 5 heteroatoms. The molecule has 0 aromatic heterocycles. The molecule has 0 atom stereocenters. The molecular formula is C18H23NO3S. The Labute approximate surface area is 141 Å². The second-order valence-electron chi connectivity index (χ2n) is 6.25. The second-order valence-corrected chi connectivity index (χ2v) is 7.24. The van der Waals surface area contributed by atoms with Gasteiger partial charge in [-0.15, -0.1) is 0 Å². The van der Waals surface area contributed by atoms with Crippen LogP contribution in [0, 0.1) is 6.92 Å². The maximum atomic E-state index is 12.4. The fraction of sp³-hybridized carbons (Fsp3) is 0.444. The van der Waals surface area contributed by atoms with Crippen molar-refractivity contribution in [3.8, 4) is 5.75 Å². The van der Waals surface area contributed by atoms with E-state index in [1.807, 2.05) is 39.0 Å². The molecule has 0 N–H and O–H groups in total. The Morgan fingerprint density at radius 2 is 1.83 bits per heavy atom. The standard InChI is InChI=1S/C18H23NO3S/c1-10(2)14-8-13(12(5)7-15(14)22-6)9-16-17(20)19(11(3)4)18(21)23-16/h7-11H,1-6H3/b16-9+. The Bertz CT molecular complexity index is 677. The highest BCUT2D eigenvalue weighted by atomic mass is 32.2. The van der Waals surface area contributed by atoms with E-state index in [-0.39, 0.29) is 17.2 Å². The second kappa shape index (κ2) is 6.79. The van der Waals surface area contributed by atoms with Crippen molar-refractivity contribution >= 4 is 29.0 Å². The maximum Gasteiger partial charge on any atom is 0.293 e. The van der Waals surface area contributed by atoms with E-state index in [4.69, 9.17) is 4.74 Å². The van der Waals surface area contributed by atoms with Crippen LogP contribution < -0.4 is 4.74 Å². The molecule has 0 bridgehead atoms. The zero-order valence-corrected chi connectivity index (χ0v) is 15.3. The smallest absolute Gasteiger partial charge is 0.293 e. The first-order valence-electron chi connectivity index (χ1n) is 7.71. The van der Waals surface area contributed by atoms with Crippen LogP contribution >= 0.6 is 11.8 Å². The summed E-state index contributed by atoms with van der Waals surface area (Å²) in [5.41, 5.74) is 3.05. The SMILES string of the molecule is COc1cc(C)c(/C=C2/SC(=O)N(C(C)C)C2=O)cc1C(C)C. The van der Waals surface area contributed by atoms with Gasteiger partial charge < -0.3 is 4.74 Å². The van der Waals surface area contributed by atoms with Crippen LogP contribution in [0.3, 0.4) is 0 Å². The molecule has 124 valence electrons. The minimum Gasteiger partial charge on any atom is -0.496 e. The third-order valence-corrected chi connectivity index (χ3v) is 4.75. The molecule has 1 aliphatic rings. The van der Waals surface area contributed by atoms with Gasteiger partial charge in [0.05, 0.1) is 12.0 Å². The van der Waals surface area contributed by atoms with Crippen LogP contribution in [0.2, 0.25) is 0 Å². The van der Waals surface area contributed by atoms with Crippen molar-refractivity contribution < 1.29 is 14.3 Å². The Morgan fingerprint density at radius 1 is 1.17 bits per heavy atom. The van der Waals surface area contributed by atoms with Crippen LogP contribution in [0.5, 0.6) is 5.75 Å². The van der Waals surface area contributed by atoms with Crippen LogP contribution in [0.4, 0.5) is 4.79 Å². The fourth-order valence-electron chi connectivity index (χ4n) is 2.57. The number of aryl methyl sites for hydroxylation is 1. The number of rotatable bonds is 4. The molecule has 1 saturated heterocycles. The van der Waals surface area contributed by atoms with Gasteiger partial charge in [0.2, 0.25) is 0 Å². The van der Waals surface area contributed by atoms with Crippen molar-refractivity contribution in [1.82, 2.24) is 4.90 Å². The first-order valence-corrected chi connectivity index (χ1v) is 8.53. The van der Waals surface area contributed by atoms with Gasteiger partial charge in [-0.3, -0.25) is 14.5 Å². The van der Waals surface area contributed by atoms with Crippen LogP contribution in [0.15, 0.2) is 17.0 Å². The molecule has 0 aliphatic carbocycles. The predicted octanol–water partition coefficient (Wildman–Crippen LogP) is 4.57. The Balaban J connectivity index is 2.46. The van der Waals surface area contributed by atoms with Gasteiger partial charge in [0, 0.05) is 6.04 Å². The van der Waals surface area contributed by atoms with Crippen molar-refractivity contribution in [2.75, 3.05) is 7.11 Å². The highest BCUT2D eigenvalue weighted by Crippen LogP contribution is 2.36. The molecule has 1 aromatic carbocycles. The molecule has 0 spiro atoms. The van der Waals surface area contributed by atoms with Gasteiger partial charge in [-0.25, -0.2) is 0 Å². The predicted molar refractivity (Wildman–Crippen MR) is 94.8 cm³/mol.